The highest BCUT2D eigenvalue weighted by molar-refractivity contribution is 5.83. The maximum absolute atomic E-state index is 12.6. The van der Waals surface area contributed by atoms with E-state index >= 15 is 0 Å². The van der Waals surface area contributed by atoms with Crippen LogP contribution < -0.4 is 15.8 Å². The quantitative estimate of drug-likeness (QED) is 0.878. The molecule has 2 aromatic heterocycles. The lowest BCUT2D eigenvalue weighted by Crippen LogP contribution is -2.45. The highest BCUT2D eigenvalue weighted by Gasteiger charge is 2.30. The van der Waals surface area contributed by atoms with Crippen molar-refractivity contribution in [1.82, 2.24) is 19.7 Å². The minimum absolute atomic E-state index is 0.0115. The lowest BCUT2D eigenvalue weighted by molar-refractivity contribution is -0.128. The van der Waals surface area contributed by atoms with Gasteiger partial charge in [0.25, 0.3) is 5.56 Å². The highest BCUT2D eigenvalue weighted by atomic mass is 16.2. The fraction of sp³-hybridized carbons (Fsp3) is 0.500. The van der Waals surface area contributed by atoms with Crippen molar-refractivity contribution in [2.75, 3.05) is 24.5 Å². The molecule has 1 fully saturated rings. The number of anilines is 1. The maximum atomic E-state index is 12.6. The Balaban J connectivity index is 1.56. The van der Waals surface area contributed by atoms with Gasteiger partial charge in [0.15, 0.2) is 0 Å². The molecule has 1 unspecified atom stereocenters. The first kappa shape index (κ1) is 17.3. The fourth-order valence-electron chi connectivity index (χ4n) is 3.14. The van der Waals surface area contributed by atoms with Gasteiger partial charge in [-0.05, 0) is 38.3 Å². The number of hydrogen-bond acceptors (Lipinski definition) is 4. The van der Waals surface area contributed by atoms with Crippen LogP contribution in [0.25, 0.3) is 0 Å². The molecule has 3 rings (SSSR count). The Morgan fingerprint density at radius 1 is 1.36 bits per heavy atom. The molecule has 1 N–H and O–H groups in total. The summed E-state index contributed by atoms with van der Waals surface area (Å²) in [6.07, 6.45) is 6.51. The third-order valence-corrected chi connectivity index (χ3v) is 4.96. The van der Waals surface area contributed by atoms with Gasteiger partial charge in [-0.15, -0.1) is 0 Å². The molecule has 0 bridgehead atoms. The van der Waals surface area contributed by atoms with Crippen LogP contribution in [0.4, 0.5) is 5.69 Å². The van der Waals surface area contributed by atoms with E-state index in [1.807, 2.05) is 42.9 Å². The normalized spacial score (nSPS) is 17.7. The van der Waals surface area contributed by atoms with Crippen LogP contribution in [0.1, 0.15) is 20.3 Å². The summed E-state index contributed by atoms with van der Waals surface area (Å²) in [6, 6.07) is 5.45. The minimum Gasteiger partial charge on any atom is -0.370 e. The number of aromatic nitrogens is 3. The molecular formula is C18H25N5O2. The van der Waals surface area contributed by atoms with Gasteiger partial charge < -0.3 is 14.8 Å². The minimum atomic E-state index is -0.614. The molecule has 1 saturated heterocycles. The Bertz CT molecular complexity index is 794. The molecule has 7 heteroatoms. The number of rotatable bonds is 5. The Kier molecular flexibility index (Phi) is 4.65. The number of carbonyl (C=O) groups excluding carboxylic acids is 1. The second-order valence-corrected chi connectivity index (χ2v) is 7.14. The molecule has 1 atom stereocenters. The zero-order valence-corrected chi connectivity index (χ0v) is 15.0. The van der Waals surface area contributed by atoms with Gasteiger partial charge in [0.05, 0.1) is 11.9 Å². The first-order valence-corrected chi connectivity index (χ1v) is 8.58. The average molecular weight is 343 g/mol. The molecule has 0 aliphatic carbocycles. The molecule has 0 radical (unpaired) electrons. The number of nitrogens with one attached hydrogen (secondary N) is 1. The van der Waals surface area contributed by atoms with Crippen molar-refractivity contribution in [3.05, 3.63) is 47.1 Å². The van der Waals surface area contributed by atoms with Crippen molar-refractivity contribution in [2.24, 2.45) is 13.0 Å². The van der Waals surface area contributed by atoms with E-state index < -0.39 is 5.54 Å². The van der Waals surface area contributed by atoms with Gasteiger partial charge in [-0.25, -0.2) is 4.68 Å². The van der Waals surface area contributed by atoms with Crippen LogP contribution in [-0.2, 0) is 17.4 Å². The summed E-state index contributed by atoms with van der Waals surface area (Å²) in [7, 11) is 1.64. The molecule has 3 heterocycles. The summed E-state index contributed by atoms with van der Waals surface area (Å²) in [5.41, 5.74) is 0.129. The van der Waals surface area contributed by atoms with E-state index in [-0.39, 0.29) is 11.5 Å². The summed E-state index contributed by atoms with van der Waals surface area (Å²) in [5, 5.41) is 7.15. The molecule has 25 heavy (non-hydrogen) atoms. The van der Waals surface area contributed by atoms with Gasteiger partial charge in [0, 0.05) is 45.1 Å². The van der Waals surface area contributed by atoms with Crippen LogP contribution in [0.15, 0.2) is 41.6 Å². The van der Waals surface area contributed by atoms with Crippen molar-refractivity contribution in [2.45, 2.75) is 25.8 Å². The van der Waals surface area contributed by atoms with E-state index in [0.29, 0.717) is 12.5 Å². The number of carbonyl (C=O) groups is 1. The van der Waals surface area contributed by atoms with Gasteiger partial charge in [-0.2, -0.15) is 5.10 Å². The molecule has 1 aliphatic rings. The van der Waals surface area contributed by atoms with E-state index in [1.165, 1.54) is 4.68 Å². The first-order valence-electron chi connectivity index (χ1n) is 8.58. The largest absolute Gasteiger partial charge is 0.370 e. The predicted octanol–water partition coefficient (Wildman–Crippen LogP) is 0.960. The summed E-state index contributed by atoms with van der Waals surface area (Å²) in [6.45, 7) is 6.15. The highest BCUT2D eigenvalue weighted by Crippen LogP contribution is 2.22. The second kappa shape index (κ2) is 6.74. The SMILES string of the molecule is Cn1ncc(N2CCC(CNC(=O)C(C)(C)n3cccc3)C2)cc1=O. The topological polar surface area (TPSA) is 72.2 Å². The number of hydrogen-bond donors (Lipinski definition) is 1. The van der Waals surface area contributed by atoms with Gasteiger partial charge in [0.2, 0.25) is 5.91 Å². The molecule has 0 saturated carbocycles. The molecule has 0 spiro atoms. The average Bonchev–Trinajstić information content (AvgIpc) is 3.27. The standard InChI is InChI=1S/C18H25N5O2/c1-18(2,23-7-4-5-8-23)17(25)19-11-14-6-9-22(13-14)15-10-16(24)21(3)20-12-15/h4-5,7-8,10,12,14H,6,9,11,13H2,1-3H3,(H,19,25). The molecule has 7 nitrogen and oxygen atoms in total. The number of aryl methyl sites for hydroxylation is 1. The van der Waals surface area contributed by atoms with Crippen LogP contribution in [-0.4, -0.2) is 39.9 Å². The Labute approximate surface area is 147 Å². The first-order chi connectivity index (χ1) is 11.9. The lowest BCUT2D eigenvalue weighted by atomic mass is 10.0. The van der Waals surface area contributed by atoms with Crippen LogP contribution >= 0.6 is 0 Å². The van der Waals surface area contributed by atoms with Crippen LogP contribution in [0, 0.1) is 5.92 Å². The summed E-state index contributed by atoms with van der Waals surface area (Å²) < 4.78 is 3.23. The second-order valence-electron chi connectivity index (χ2n) is 7.14. The maximum Gasteiger partial charge on any atom is 0.268 e. The van der Waals surface area contributed by atoms with Crippen LogP contribution in [0.5, 0.6) is 0 Å². The Morgan fingerprint density at radius 3 is 2.76 bits per heavy atom. The molecular weight excluding hydrogens is 318 g/mol. The third-order valence-electron chi connectivity index (χ3n) is 4.96. The lowest BCUT2D eigenvalue weighted by Gasteiger charge is -2.26. The molecule has 2 aromatic rings. The Morgan fingerprint density at radius 2 is 2.08 bits per heavy atom. The zero-order valence-electron chi connectivity index (χ0n) is 15.0. The van der Waals surface area contributed by atoms with Crippen molar-refractivity contribution < 1.29 is 4.79 Å². The van der Waals surface area contributed by atoms with Crippen molar-refractivity contribution in [1.29, 1.82) is 0 Å². The predicted molar refractivity (Wildman–Crippen MR) is 96.6 cm³/mol. The smallest absolute Gasteiger partial charge is 0.268 e. The molecule has 1 amide bonds. The summed E-state index contributed by atoms with van der Waals surface area (Å²) in [4.78, 5) is 26.4. The van der Waals surface area contributed by atoms with E-state index in [4.69, 9.17) is 0 Å². The van der Waals surface area contributed by atoms with Crippen LogP contribution in [0.3, 0.4) is 0 Å². The summed E-state index contributed by atoms with van der Waals surface area (Å²) >= 11 is 0. The van der Waals surface area contributed by atoms with Gasteiger partial charge in [-0.3, -0.25) is 9.59 Å². The third kappa shape index (κ3) is 3.60. The summed E-state index contributed by atoms with van der Waals surface area (Å²) in [5.74, 6) is 0.380. The van der Waals surface area contributed by atoms with E-state index in [9.17, 15) is 9.59 Å². The monoisotopic (exact) mass is 343 g/mol. The molecule has 134 valence electrons. The van der Waals surface area contributed by atoms with Crippen LogP contribution in [0.2, 0.25) is 0 Å². The van der Waals surface area contributed by atoms with Crippen molar-refractivity contribution in [3.8, 4) is 0 Å². The molecule has 1 aliphatic heterocycles. The van der Waals surface area contributed by atoms with E-state index in [0.717, 1.165) is 25.2 Å². The fourth-order valence-corrected chi connectivity index (χ4v) is 3.14. The Hall–Kier alpha value is -2.57. The van der Waals surface area contributed by atoms with Gasteiger partial charge in [-0.1, -0.05) is 0 Å². The van der Waals surface area contributed by atoms with E-state index in [2.05, 4.69) is 15.3 Å². The number of nitrogens with zero attached hydrogens (tertiary/aromatic N) is 4. The van der Waals surface area contributed by atoms with Crippen molar-refractivity contribution >= 4 is 11.6 Å². The zero-order chi connectivity index (χ0) is 18.0. The van der Waals surface area contributed by atoms with Crippen molar-refractivity contribution in [3.63, 3.8) is 0 Å². The van der Waals surface area contributed by atoms with E-state index in [1.54, 1.807) is 19.3 Å². The molecule has 0 aromatic carbocycles. The van der Waals surface area contributed by atoms with Gasteiger partial charge >= 0.3 is 0 Å². The van der Waals surface area contributed by atoms with Gasteiger partial charge in [0.1, 0.15) is 5.54 Å². The number of amides is 1.